The molecule has 1 rings (SSSR count). The summed E-state index contributed by atoms with van der Waals surface area (Å²) in [5.74, 6) is -0.297. The molecule has 1 aromatic rings. The molecule has 1 amide bonds. The molecule has 0 aliphatic rings. The topological polar surface area (TPSA) is 81.4 Å². The average molecular weight is 329 g/mol. The largest absolute Gasteiger partial charge is 0.465 e. The molecule has 6 heteroatoms. The molecular formula is C16H25ClN2O3. The summed E-state index contributed by atoms with van der Waals surface area (Å²) in [5, 5.41) is 2.84. The summed E-state index contributed by atoms with van der Waals surface area (Å²) in [6.45, 7) is 4.51. The van der Waals surface area contributed by atoms with Crippen molar-refractivity contribution in [2.45, 2.75) is 32.7 Å². The number of amides is 1. The van der Waals surface area contributed by atoms with Gasteiger partial charge >= 0.3 is 5.97 Å². The summed E-state index contributed by atoms with van der Waals surface area (Å²) in [6, 6.07) is 6.68. The molecule has 0 radical (unpaired) electrons. The molecule has 2 unspecified atom stereocenters. The van der Waals surface area contributed by atoms with Gasteiger partial charge in [-0.15, -0.1) is 12.4 Å². The number of carbonyl (C=O) groups is 2. The lowest BCUT2D eigenvalue weighted by atomic mass is 9.99. The van der Waals surface area contributed by atoms with Gasteiger partial charge in [-0.3, -0.25) is 4.79 Å². The molecule has 2 atom stereocenters. The molecule has 0 saturated heterocycles. The normalized spacial score (nSPS) is 12.7. The van der Waals surface area contributed by atoms with Gasteiger partial charge in [0, 0.05) is 6.54 Å². The van der Waals surface area contributed by atoms with Crippen LogP contribution in [0, 0.1) is 5.92 Å². The summed E-state index contributed by atoms with van der Waals surface area (Å²) in [5.41, 5.74) is 7.42. The predicted molar refractivity (Wildman–Crippen MR) is 89.2 cm³/mol. The van der Waals surface area contributed by atoms with Gasteiger partial charge in [0.2, 0.25) is 5.91 Å². The highest BCUT2D eigenvalue weighted by Crippen LogP contribution is 2.07. The number of nitrogens with two attached hydrogens (primary N) is 1. The van der Waals surface area contributed by atoms with Crippen molar-refractivity contribution in [3.8, 4) is 0 Å². The number of nitrogens with one attached hydrogen (secondary N) is 1. The van der Waals surface area contributed by atoms with Gasteiger partial charge in [0.25, 0.3) is 0 Å². The Morgan fingerprint density at radius 1 is 1.27 bits per heavy atom. The molecule has 0 aliphatic heterocycles. The fraction of sp³-hybridized carbons (Fsp3) is 0.500. The molecule has 0 fully saturated rings. The first-order valence-electron chi connectivity index (χ1n) is 7.20. The summed E-state index contributed by atoms with van der Waals surface area (Å²) in [4.78, 5) is 23.1. The van der Waals surface area contributed by atoms with Crippen molar-refractivity contribution >= 4 is 24.3 Å². The highest BCUT2D eigenvalue weighted by atomic mass is 35.5. The fourth-order valence-electron chi connectivity index (χ4n) is 1.89. The number of hydrogen-bond donors (Lipinski definition) is 2. The maximum absolute atomic E-state index is 11.8. The zero-order valence-electron chi connectivity index (χ0n) is 13.3. The maximum Gasteiger partial charge on any atom is 0.337 e. The van der Waals surface area contributed by atoms with E-state index < -0.39 is 6.04 Å². The van der Waals surface area contributed by atoms with E-state index >= 15 is 0 Å². The first-order chi connectivity index (χ1) is 9.99. The van der Waals surface area contributed by atoms with Gasteiger partial charge in [-0.2, -0.15) is 0 Å². The zero-order chi connectivity index (χ0) is 15.8. The van der Waals surface area contributed by atoms with Gasteiger partial charge in [-0.25, -0.2) is 4.79 Å². The highest BCUT2D eigenvalue weighted by Gasteiger charge is 2.18. The number of halogens is 1. The number of carbonyl (C=O) groups excluding carboxylic acids is 2. The van der Waals surface area contributed by atoms with Crippen LogP contribution < -0.4 is 11.1 Å². The van der Waals surface area contributed by atoms with Gasteiger partial charge in [0.1, 0.15) is 0 Å². The van der Waals surface area contributed by atoms with E-state index in [1.807, 2.05) is 26.0 Å². The standard InChI is InChI=1S/C16H24N2O3.ClH/c1-4-11(2)14(17)15(19)18-10-9-12-5-7-13(8-6-12)16(20)21-3;/h5-8,11,14H,4,9-10,17H2,1-3H3,(H,18,19);1H. The Bertz CT molecular complexity index is 477. The number of methoxy groups -OCH3 is 1. The van der Waals surface area contributed by atoms with Gasteiger partial charge in [0.05, 0.1) is 18.7 Å². The van der Waals surface area contributed by atoms with Crippen molar-refractivity contribution in [2.75, 3.05) is 13.7 Å². The van der Waals surface area contributed by atoms with Crippen LogP contribution in [0.5, 0.6) is 0 Å². The minimum Gasteiger partial charge on any atom is -0.465 e. The highest BCUT2D eigenvalue weighted by molar-refractivity contribution is 5.89. The van der Waals surface area contributed by atoms with Gasteiger partial charge in [0.15, 0.2) is 0 Å². The van der Waals surface area contributed by atoms with Crippen LogP contribution in [0.1, 0.15) is 36.2 Å². The van der Waals surface area contributed by atoms with Crippen LogP contribution in [0.15, 0.2) is 24.3 Å². The summed E-state index contributed by atoms with van der Waals surface area (Å²) in [6.07, 6.45) is 1.57. The smallest absolute Gasteiger partial charge is 0.337 e. The monoisotopic (exact) mass is 328 g/mol. The third-order valence-electron chi connectivity index (χ3n) is 3.65. The molecule has 0 bridgehead atoms. The van der Waals surface area contributed by atoms with E-state index in [1.54, 1.807) is 12.1 Å². The first kappa shape index (κ1) is 20.4. The molecule has 0 spiro atoms. The fourth-order valence-corrected chi connectivity index (χ4v) is 1.89. The second-order valence-corrected chi connectivity index (χ2v) is 5.14. The maximum atomic E-state index is 11.8. The summed E-state index contributed by atoms with van der Waals surface area (Å²) >= 11 is 0. The Morgan fingerprint density at radius 3 is 2.36 bits per heavy atom. The molecule has 0 aromatic heterocycles. The lowest BCUT2D eigenvalue weighted by molar-refractivity contribution is -0.123. The van der Waals surface area contributed by atoms with Crippen molar-refractivity contribution in [1.29, 1.82) is 0 Å². The molecule has 0 saturated carbocycles. The molecule has 0 aliphatic carbocycles. The number of esters is 1. The van der Waals surface area contributed by atoms with Gasteiger partial charge in [-0.1, -0.05) is 32.4 Å². The molecule has 5 nitrogen and oxygen atoms in total. The van der Waals surface area contributed by atoms with E-state index in [2.05, 4.69) is 10.1 Å². The number of ether oxygens (including phenoxy) is 1. The molecule has 124 valence electrons. The zero-order valence-corrected chi connectivity index (χ0v) is 14.1. The lowest BCUT2D eigenvalue weighted by Gasteiger charge is -2.17. The molecule has 3 N–H and O–H groups in total. The third-order valence-corrected chi connectivity index (χ3v) is 3.65. The van der Waals surface area contributed by atoms with Gasteiger partial charge in [-0.05, 0) is 30.0 Å². The minimum atomic E-state index is -0.461. The van der Waals surface area contributed by atoms with Crippen molar-refractivity contribution in [2.24, 2.45) is 11.7 Å². The van der Waals surface area contributed by atoms with Crippen molar-refractivity contribution < 1.29 is 14.3 Å². The lowest BCUT2D eigenvalue weighted by Crippen LogP contribution is -2.45. The Labute approximate surface area is 138 Å². The predicted octanol–water partition coefficient (Wildman–Crippen LogP) is 1.93. The molecule has 0 heterocycles. The summed E-state index contributed by atoms with van der Waals surface area (Å²) < 4.78 is 4.64. The number of hydrogen-bond acceptors (Lipinski definition) is 4. The Balaban J connectivity index is 0.00000441. The van der Waals surface area contributed by atoms with E-state index in [0.717, 1.165) is 12.0 Å². The van der Waals surface area contributed by atoms with Crippen LogP contribution in [0.3, 0.4) is 0 Å². The molecule has 1 aromatic carbocycles. The quantitative estimate of drug-likeness (QED) is 0.749. The van der Waals surface area contributed by atoms with Crippen LogP contribution in [0.4, 0.5) is 0 Å². The Morgan fingerprint density at radius 2 is 1.86 bits per heavy atom. The Kier molecular flexibility index (Phi) is 9.45. The van der Waals surface area contributed by atoms with E-state index in [4.69, 9.17) is 5.73 Å². The van der Waals surface area contributed by atoms with Crippen LogP contribution >= 0.6 is 12.4 Å². The van der Waals surface area contributed by atoms with Crippen LogP contribution in [0.2, 0.25) is 0 Å². The second-order valence-electron chi connectivity index (χ2n) is 5.14. The Hall–Kier alpha value is -1.59. The van der Waals surface area contributed by atoms with E-state index in [0.29, 0.717) is 18.5 Å². The van der Waals surface area contributed by atoms with Crippen LogP contribution in [0.25, 0.3) is 0 Å². The second kappa shape index (κ2) is 10.2. The molecular weight excluding hydrogens is 304 g/mol. The minimum absolute atomic E-state index is 0. The van der Waals surface area contributed by atoms with Crippen LogP contribution in [-0.4, -0.2) is 31.6 Å². The number of benzene rings is 1. The van der Waals surface area contributed by atoms with E-state index in [9.17, 15) is 9.59 Å². The van der Waals surface area contributed by atoms with E-state index in [1.165, 1.54) is 7.11 Å². The molecule has 22 heavy (non-hydrogen) atoms. The average Bonchev–Trinajstić information content (AvgIpc) is 2.53. The number of rotatable bonds is 7. The third kappa shape index (κ3) is 6.03. The first-order valence-corrected chi connectivity index (χ1v) is 7.20. The SMILES string of the molecule is CCC(C)C(N)C(=O)NCCc1ccc(C(=O)OC)cc1.Cl. The van der Waals surface area contributed by atoms with Crippen molar-refractivity contribution in [3.63, 3.8) is 0 Å². The van der Waals surface area contributed by atoms with Gasteiger partial charge < -0.3 is 15.8 Å². The summed E-state index contributed by atoms with van der Waals surface area (Å²) in [7, 11) is 1.35. The van der Waals surface area contributed by atoms with Crippen LogP contribution in [-0.2, 0) is 16.0 Å². The van der Waals surface area contributed by atoms with Crippen molar-refractivity contribution in [1.82, 2.24) is 5.32 Å². The van der Waals surface area contributed by atoms with Crippen molar-refractivity contribution in [3.05, 3.63) is 35.4 Å². The van der Waals surface area contributed by atoms with E-state index in [-0.39, 0.29) is 30.2 Å².